The van der Waals surface area contributed by atoms with Crippen LogP contribution in [0.2, 0.25) is 0 Å². The van der Waals surface area contributed by atoms with E-state index < -0.39 is 0 Å². The van der Waals surface area contributed by atoms with E-state index in [9.17, 15) is 4.79 Å². The topological polar surface area (TPSA) is 104 Å². The second-order valence-electron chi connectivity index (χ2n) is 8.97. The van der Waals surface area contributed by atoms with Crippen molar-refractivity contribution in [2.75, 3.05) is 11.1 Å². The first kappa shape index (κ1) is 20.4. The number of nitrogens with one attached hydrogen (secondary N) is 1. The highest BCUT2D eigenvalue weighted by atomic mass is 16.1. The minimum absolute atomic E-state index is 0.181. The fourth-order valence-corrected chi connectivity index (χ4v) is 5.16. The molecule has 0 saturated carbocycles. The molecule has 3 N–H and O–H groups in total. The number of rotatable bonds is 3. The van der Waals surface area contributed by atoms with Gasteiger partial charge < -0.3 is 20.2 Å². The normalized spacial score (nSPS) is 13.1. The number of aromatic nitrogens is 5. The summed E-state index contributed by atoms with van der Waals surface area (Å²) in [6, 6.07) is 13.7. The van der Waals surface area contributed by atoms with E-state index in [1.807, 2.05) is 30.3 Å². The Morgan fingerprint density at radius 1 is 1.12 bits per heavy atom. The first-order valence-electron chi connectivity index (χ1n) is 11.5. The van der Waals surface area contributed by atoms with Crippen LogP contribution in [0.3, 0.4) is 0 Å². The fourth-order valence-electron chi connectivity index (χ4n) is 5.16. The van der Waals surface area contributed by atoms with Gasteiger partial charge in [0.05, 0.1) is 11.1 Å². The molecule has 0 bridgehead atoms. The third-order valence-electron chi connectivity index (χ3n) is 6.55. The summed E-state index contributed by atoms with van der Waals surface area (Å²) in [6.07, 6.45) is 5.10. The van der Waals surface area contributed by atoms with Gasteiger partial charge >= 0.3 is 0 Å². The van der Waals surface area contributed by atoms with E-state index in [2.05, 4.69) is 49.3 Å². The Bertz CT molecular complexity index is 1560. The number of nitrogen functional groups attached to an aromatic ring is 1. The molecule has 1 aromatic carbocycles. The van der Waals surface area contributed by atoms with Crippen molar-refractivity contribution in [3.05, 3.63) is 66.2 Å². The molecule has 5 heterocycles. The number of nitrogens with two attached hydrogens (primary N) is 1. The molecule has 0 atom stereocenters. The number of nitrogens with zero attached hydrogens (tertiary/aromatic N) is 5. The summed E-state index contributed by atoms with van der Waals surface area (Å²) >= 11 is 0. The minimum atomic E-state index is -0.181. The molecule has 5 aromatic rings. The van der Waals surface area contributed by atoms with Crippen molar-refractivity contribution >= 4 is 39.5 Å². The number of fused-ring (bicyclic) bond motifs is 7. The number of carbonyl (C=O) groups excluding carboxylic acids is 1. The molecule has 0 spiro atoms. The molecule has 0 saturated heterocycles. The van der Waals surface area contributed by atoms with Gasteiger partial charge in [-0.3, -0.25) is 4.79 Å². The summed E-state index contributed by atoms with van der Waals surface area (Å²) in [5, 5.41) is 4.86. The van der Waals surface area contributed by atoms with Crippen molar-refractivity contribution in [1.29, 1.82) is 0 Å². The molecule has 0 unspecified atom stereocenters. The van der Waals surface area contributed by atoms with Crippen LogP contribution in [0.5, 0.6) is 0 Å². The Labute approximate surface area is 196 Å². The van der Waals surface area contributed by atoms with Crippen molar-refractivity contribution in [3.63, 3.8) is 0 Å². The van der Waals surface area contributed by atoms with Crippen LogP contribution < -0.4 is 11.1 Å². The van der Waals surface area contributed by atoms with Gasteiger partial charge in [-0.15, -0.1) is 0 Å². The van der Waals surface area contributed by atoms with Crippen LogP contribution in [0.1, 0.15) is 42.4 Å². The highest BCUT2D eigenvalue weighted by Gasteiger charge is 2.28. The van der Waals surface area contributed by atoms with Crippen LogP contribution in [0.4, 0.5) is 11.6 Å². The average Bonchev–Trinajstić information content (AvgIpc) is 3.29. The predicted molar refractivity (Wildman–Crippen MR) is 134 cm³/mol. The summed E-state index contributed by atoms with van der Waals surface area (Å²) in [7, 11) is 0. The van der Waals surface area contributed by atoms with Crippen LogP contribution >= 0.6 is 0 Å². The van der Waals surface area contributed by atoms with Crippen molar-refractivity contribution in [3.8, 4) is 11.3 Å². The van der Waals surface area contributed by atoms with Crippen LogP contribution in [0.15, 0.2) is 55.0 Å². The molecule has 8 nitrogen and oxygen atoms in total. The van der Waals surface area contributed by atoms with E-state index in [0.29, 0.717) is 17.2 Å². The number of amides is 1. The second-order valence-corrected chi connectivity index (χ2v) is 8.97. The van der Waals surface area contributed by atoms with Crippen LogP contribution in [-0.2, 0) is 13.0 Å². The average molecular weight is 452 g/mol. The maximum absolute atomic E-state index is 12.9. The lowest BCUT2D eigenvalue weighted by Crippen LogP contribution is -2.12. The van der Waals surface area contributed by atoms with E-state index in [1.165, 1.54) is 12.0 Å². The van der Waals surface area contributed by atoms with Gasteiger partial charge in [-0.1, -0.05) is 12.1 Å². The molecule has 1 aliphatic rings. The number of carbonyl (C=O) groups is 1. The van der Waals surface area contributed by atoms with Gasteiger partial charge in [-0.05, 0) is 57.0 Å². The fraction of sp³-hybridized carbons (Fsp3) is 0.231. The number of anilines is 2. The molecule has 170 valence electrons. The zero-order valence-corrected chi connectivity index (χ0v) is 19.1. The first-order valence-corrected chi connectivity index (χ1v) is 11.5. The Morgan fingerprint density at radius 3 is 2.79 bits per heavy atom. The monoisotopic (exact) mass is 451 g/mol. The molecule has 1 aliphatic heterocycles. The van der Waals surface area contributed by atoms with Crippen LogP contribution in [0.25, 0.3) is 33.2 Å². The molecule has 0 radical (unpaired) electrons. The summed E-state index contributed by atoms with van der Waals surface area (Å²) in [4.78, 5) is 26.0. The molecule has 0 fully saturated rings. The Hall–Kier alpha value is -4.20. The lowest BCUT2D eigenvalue weighted by Gasteiger charge is -2.13. The van der Waals surface area contributed by atoms with Crippen molar-refractivity contribution in [1.82, 2.24) is 24.1 Å². The lowest BCUT2D eigenvalue weighted by atomic mass is 10.1. The van der Waals surface area contributed by atoms with Gasteiger partial charge in [0.2, 0.25) is 0 Å². The smallest absolute Gasteiger partial charge is 0.256 e. The summed E-state index contributed by atoms with van der Waals surface area (Å²) < 4.78 is 4.59. The molecule has 34 heavy (non-hydrogen) atoms. The summed E-state index contributed by atoms with van der Waals surface area (Å²) in [5.74, 6) is 0.845. The Kier molecular flexibility index (Phi) is 4.62. The van der Waals surface area contributed by atoms with Gasteiger partial charge in [-0.25, -0.2) is 15.0 Å². The van der Waals surface area contributed by atoms with Gasteiger partial charge in [0.1, 0.15) is 23.6 Å². The quantitative estimate of drug-likeness (QED) is 0.410. The number of benzene rings is 1. The third kappa shape index (κ3) is 3.06. The lowest BCUT2D eigenvalue weighted by molar-refractivity contribution is 0.102. The van der Waals surface area contributed by atoms with E-state index in [1.54, 1.807) is 12.3 Å². The number of aryl methyl sites for hydroxylation is 1. The molecular formula is C26H25N7O. The summed E-state index contributed by atoms with van der Waals surface area (Å²) in [6.45, 7) is 5.20. The van der Waals surface area contributed by atoms with E-state index >= 15 is 0 Å². The van der Waals surface area contributed by atoms with E-state index in [-0.39, 0.29) is 11.9 Å². The molecule has 1 amide bonds. The van der Waals surface area contributed by atoms with Gasteiger partial charge in [0.25, 0.3) is 5.91 Å². The van der Waals surface area contributed by atoms with Crippen molar-refractivity contribution in [2.45, 2.75) is 39.3 Å². The molecule has 0 aliphatic carbocycles. The first-order chi connectivity index (χ1) is 16.5. The highest BCUT2D eigenvalue weighted by molar-refractivity contribution is 6.07. The molecule has 8 heteroatoms. The maximum Gasteiger partial charge on any atom is 0.256 e. The molecular weight excluding hydrogens is 426 g/mol. The number of hydrogen-bond acceptors (Lipinski definition) is 5. The maximum atomic E-state index is 12.9. The van der Waals surface area contributed by atoms with E-state index in [0.717, 1.165) is 52.6 Å². The largest absolute Gasteiger partial charge is 0.383 e. The van der Waals surface area contributed by atoms with Gasteiger partial charge in [-0.2, -0.15) is 0 Å². The minimum Gasteiger partial charge on any atom is -0.383 e. The van der Waals surface area contributed by atoms with E-state index in [4.69, 9.17) is 5.73 Å². The number of pyridine rings is 1. The molecule has 6 rings (SSSR count). The number of hydrogen-bond donors (Lipinski definition) is 2. The summed E-state index contributed by atoms with van der Waals surface area (Å²) in [5.41, 5.74) is 12.3. The zero-order chi connectivity index (χ0) is 23.4. The van der Waals surface area contributed by atoms with Gasteiger partial charge in [0, 0.05) is 46.5 Å². The Balaban J connectivity index is 1.53. The molecule has 4 aromatic heterocycles. The van der Waals surface area contributed by atoms with Gasteiger partial charge in [0.15, 0.2) is 0 Å². The highest BCUT2D eigenvalue weighted by Crippen LogP contribution is 2.42. The van der Waals surface area contributed by atoms with Crippen molar-refractivity contribution < 1.29 is 4.79 Å². The second kappa shape index (κ2) is 7.69. The van der Waals surface area contributed by atoms with Crippen LogP contribution in [0, 0.1) is 0 Å². The standard InChI is InChI=1S/C26H25N7O/c1-15(2)33-18-6-5-11-32-19-13-17(26(34)31-21-7-3-4-10-28-21)9-8-16(19)12-20(32)22(18)23-24(27)29-14-30-25(23)33/h3-4,7-10,12-15H,5-6,11H2,1-2H3,(H2,27,29,30)(H,28,31,34). The van der Waals surface area contributed by atoms with Crippen molar-refractivity contribution in [2.24, 2.45) is 0 Å². The zero-order valence-electron chi connectivity index (χ0n) is 19.1. The third-order valence-corrected chi connectivity index (χ3v) is 6.55. The Morgan fingerprint density at radius 2 is 2.00 bits per heavy atom. The van der Waals surface area contributed by atoms with Crippen LogP contribution in [-0.4, -0.2) is 30.0 Å². The SMILES string of the molecule is CC(C)n1c2c(c3c(N)ncnc31)-c1cc3ccc(C(=O)Nc4ccccn4)cc3n1CCC2. The predicted octanol–water partition coefficient (Wildman–Crippen LogP) is 4.81.